The summed E-state index contributed by atoms with van der Waals surface area (Å²) in [6.07, 6.45) is 3.03. The van der Waals surface area contributed by atoms with E-state index in [9.17, 15) is 14.1 Å². The second-order valence-electron chi connectivity index (χ2n) is 11.2. The molecule has 1 aromatic carbocycles. The zero-order valence-corrected chi connectivity index (χ0v) is 22.3. The van der Waals surface area contributed by atoms with Gasteiger partial charge in [0.1, 0.15) is 5.75 Å². The number of carbonyl (C=O) groups is 1. The van der Waals surface area contributed by atoms with Crippen LogP contribution in [0, 0.1) is 5.92 Å². The van der Waals surface area contributed by atoms with Gasteiger partial charge in [-0.25, -0.2) is 8.93 Å². The third kappa shape index (κ3) is 5.78. The van der Waals surface area contributed by atoms with E-state index in [1.54, 1.807) is 6.07 Å². The van der Waals surface area contributed by atoms with Crippen LogP contribution >= 0.6 is 11.6 Å². The highest BCUT2D eigenvalue weighted by Gasteiger charge is 2.41. The Kier molecular flexibility index (Phi) is 7.38. The van der Waals surface area contributed by atoms with E-state index in [1.807, 2.05) is 45.6 Å². The molecule has 4 rings (SSSR count). The van der Waals surface area contributed by atoms with Gasteiger partial charge in [0.2, 0.25) is 0 Å². The van der Waals surface area contributed by atoms with Crippen molar-refractivity contribution in [2.75, 3.05) is 19.7 Å². The maximum Gasteiger partial charge on any atom is 0.254 e. The van der Waals surface area contributed by atoms with Crippen molar-refractivity contribution in [2.45, 2.75) is 88.9 Å². The first-order valence-corrected chi connectivity index (χ1v) is 13.7. The molecule has 0 unspecified atom stereocenters. The van der Waals surface area contributed by atoms with Crippen LogP contribution < -0.4 is 4.72 Å². The van der Waals surface area contributed by atoms with Crippen molar-refractivity contribution in [3.05, 3.63) is 28.3 Å². The molecule has 3 fully saturated rings. The van der Waals surface area contributed by atoms with Crippen LogP contribution in [0.3, 0.4) is 0 Å². The Bertz CT molecular complexity index is 951. The van der Waals surface area contributed by atoms with Gasteiger partial charge in [-0.1, -0.05) is 11.6 Å². The van der Waals surface area contributed by atoms with Crippen LogP contribution in [0.15, 0.2) is 12.1 Å². The van der Waals surface area contributed by atoms with E-state index >= 15 is 0 Å². The minimum atomic E-state index is -1.34. The Morgan fingerprint density at radius 3 is 2.41 bits per heavy atom. The number of benzene rings is 1. The molecule has 0 aromatic heterocycles. The fourth-order valence-electron chi connectivity index (χ4n) is 4.72. The lowest BCUT2D eigenvalue weighted by Crippen LogP contribution is -2.47. The summed E-state index contributed by atoms with van der Waals surface area (Å²) in [6.45, 7) is 10.8. The molecule has 1 aromatic rings. The molecule has 3 aliphatic rings. The first-order valence-electron chi connectivity index (χ1n) is 12.2. The number of nitrogens with zero attached hydrogens (tertiary/aromatic N) is 1. The number of phenolic OH excluding ortho intramolecular Hbond substituents is 1. The van der Waals surface area contributed by atoms with Gasteiger partial charge in [0.15, 0.2) is 11.9 Å². The summed E-state index contributed by atoms with van der Waals surface area (Å²) in [5.74, 6) is -0.100. The highest BCUT2D eigenvalue weighted by atomic mass is 35.5. The van der Waals surface area contributed by atoms with Crippen molar-refractivity contribution in [2.24, 2.45) is 5.92 Å². The van der Waals surface area contributed by atoms with Gasteiger partial charge in [-0.3, -0.25) is 4.79 Å². The molecule has 2 aliphatic heterocycles. The van der Waals surface area contributed by atoms with Crippen molar-refractivity contribution >= 4 is 28.5 Å². The fraction of sp³-hybridized carbons (Fsp3) is 0.720. The van der Waals surface area contributed by atoms with Crippen LogP contribution in [0.4, 0.5) is 0 Å². The number of likely N-dealkylation sites (tertiary alicyclic amines) is 1. The molecule has 190 valence electrons. The summed E-state index contributed by atoms with van der Waals surface area (Å²) < 4.78 is 27.2. The second kappa shape index (κ2) is 9.69. The van der Waals surface area contributed by atoms with E-state index in [-0.39, 0.29) is 30.2 Å². The van der Waals surface area contributed by atoms with Gasteiger partial charge in [0, 0.05) is 23.7 Å². The molecule has 3 atom stereocenters. The third-order valence-electron chi connectivity index (χ3n) is 6.89. The first kappa shape index (κ1) is 25.9. The normalized spacial score (nSPS) is 25.4. The Morgan fingerprint density at radius 1 is 1.24 bits per heavy atom. The minimum Gasteiger partial charge on any atom is -0.508 e. The molecule has 2 N–H and O–H groups in total. The first-order chi connectivity index (χ1) is 15.9. The Hall–Kier alpha value is -1.19. The molecule has 0 bridgehead atoms. The molecule has 0 radical (unpaired) electrons. The molecule has 9 heteroatoms. The van der Waals surface area contributed by atoms with Gasteiger partial charge in [0.05, 0.1) is 28.4 Å². The SMILES string of the molecule is CC1(C)OC[C@H](C(=O)N2CCC([C@@H](N[S@@](=O)C(C)(C)C)c3cc(Cl)c(C4CC4)cc3O)CC2)O1. The fourth-order valence-corrected chi connectivity index (χ4v) is 5.95. The zero-order valence-electron chi connectivity index (χ0n) is 20.7. The number of carbonyl (C=O) groups excluding carboxylic acids is 1. The van der Waals surface area contributed by atoms with Gasteiger partial charge in [0.25, 0.3) is 5.91 Å². The lowest BCUT2D eigenvalue weighted by molar-refractivity contribution is -0.161. The summed E-state index contributed by atoms with van der Waals surface area (Å²) in [7, 11) is -1.34. The number of amides is 1. The monoisotopic (exact) mass is 512 g/mol. The van der Waals surface area contributed by atoms with Crippen molar-refractivity contribution in [1.29, 1.82) is 0 Å². The van der Waals surface area contributed by atoms with Crippen LogP contribution in [0.5, 0.6) is 5.75 Å². The lowest BCUT2D eigenvalue weighted by atomic mass is 9.85. The molecular weight excluding hydrogens is 476 g/mol. The molecule has 2 heterocycles. The van der Waals surface area contributed by atoms with E-state index in [0.29, 0.717) is 42.4 Å². The van der Waals surface area contributed by atoms with Gasteiger partial charge in [-0.05, 0) is 89.8 Å². The number of phenols is 1. The second-order valence-corrected chi connectivity index (χ2v) is 13.6. The summed E-state index contributed by atoms with van der Waals surface area (Å²) in [5, 5.41) is 11.6. The quantitative estimate of drug-likeness (QED) is 0.589. The number of aromatic hydroxyl groups is 1. The largest absolute Gasteiger partial charge is 0.508 e. The molecule has 2 saturated heterocycles. The van der Waals surface area contributed by atoms with Crippen LogP contribution in [0.1, 0.15) is 83.4 Å². The summed E-state index contributed by atoms with van der Waals surface area (Å²) in [4.78, 5) is 14.8. The lowest BCUT2D eigenvalue weighted by Gasteiger charge is -2.38. The number of ether oxygens (including phenoxy) is 2. The van der Waals surface area contributed by atoms with Crippen molar-refractivity contribution in [1.82, 2.24) is 9.62 Å². The Morgan fingerprint density at radius 2 is 1.88 bits per heavy atom. The van der Waals surface area contributed by atoms with E-state index in [1.165, 1.54) is 0 Å². The summed E-state index contributed by atoms with van der Waals surface area (Å²) in [5.41, 5.74) is 1.66. The van der Waals surface area contributed by atoms with Crippen molar-refractivity contribution in [3.8, 4) is 5.75 Å². The Balaban J connectivity index is 1.51. The molecule has 7 nitrogen and oxygen atoms in total. The molecule has 1 aliphatic carbocycles. The van der Waals surface area contributed by atoms with E-state index in [4.69, 9.17) is 21.1 Å². The number of hydrogen-bond donors (Lipinski definition) is 2. The predicted molar refractivity (Wildman–Crippen MR) is 133 cm³/mol. The maximum atomic E-state index is 13.1. The number of nitrogens with one attached hydrogen (secondary N) is 1. The molecule has 0 spiro atoms. The van der Waals surface area contributed by atoms with E-state index < -0.39 is 27.6 Å². The van der Waals surface area contributed by atoms with Crippen LogP contribution in [0.2, 0.25) is 5.02 Å². The summed E-state index contributed by atoms with van der Waals surface area (Å²) in [6, 6.07) is 3.28. The molecular formula is C25H37ClN2O5S. The van der Waals surface area contributed by atoms with E-state index in [2.05, 4.69) is 4.72 Å². The summed E-state index contributed by atoms with van der Waals surface area (Å²) >= 11 is 6.61. The van der Waals surface area contributed by atoms with Gasteiger partial charge in [-0.2, -0.15) is 0 Å². The highest BCUT2D eigenvalue weighted by molar-refractivity contribution is 7.84. The number of hydrogen-bond acceptors (Lipinski definition) is 5. The zero-order chi connectivity index (χ0) is 24.8. The predicted octanol–water partition coefficient (Wildman–Crippen LogP) is 4.41. The molecule has 1 amide bonds. The van der Waals surface area contributed by atoms with Gasteiger partial charge < -0.3 is 19.5 Å². The molecule has 34 heavy (non-hydrogen) atoms. The average molecular weight is 513 g/mol. The van der Waals surface area contributed by atoms with Crippen LogP contribution in [-0.2, 0) is 25.3 Å². The maximum absolute atomic E-state index is 13.1. The molecule has 1 saturated carbocycles. The highest BCUT2D eigenvalue weighted by Crippen LogP contribution is 2.47. The minimum absolute atomic E-state index is 0.0496. The smallest absolute Gasteiger partial charge is 0.254 e. The average Bonchev–Trinajstić information content (AvgIpc) is 3.54. The van der Waals surface area contributed by atoms with Crippen LogP contribution in [-0.4, -0.2) is 56.5 Å². The van der Waals surface area contributed by atoms with Gasteiger partial charge in [-0.15, -0.1) is 0 Å². The standard InChI is InChI=1S/C25H37ClN2O5S/c1-24(2,3)34(31)27-22(18-12-19(26)17(13-20(18)29)15-6-7-15)16-8-10-28(11-9-16)23(30)21-14-32-25(4,5)33-21/h12-13,15-16,21-22,27,29H,6-11,14H2,1-5H3/t21-,22-,34+/m1/s1. The topological polar surface area (TPSA) is 88.1 Å². The van der Waals surface area contributed by atoms with Gasteiger partial charge >= 0.3 is 0 Å². The number of rotatable bonds is 6. The number of piperidine rings is 1. The third-order valence-corrected chi connectivity index (χ3v) is 8.80. The van der Waals surface area contributed by atoms with E-state index in [0.717, 1.165) is 18.4 Å². The van der Waals surface area contributed by atoms with Crippen molar-refractivity contribution < 1.29 is 23.6 Å². The number of halogens is 1. The van der Waals surface area contributed by atoms with Crippen molar-refractivity contribution in [3.63, 3.8) is 0 Å². The Labute approximate surface area is 210 Å². The van der Waals surface area contributed by atoms with Crippen LogP contribution in [0.25, 0.3) is 0 Å².